The molecule has 110 valence electrons. The van der Waals surface area contributed by atoms with Gasteiger partial charge in [-0.3, -0.25) is 4.79 Å². The third-order valence-electron chi connectivity index (χ3n) is 3.47. The predicted molar refractivity (Wildman–Crippen MR) is 84.2 cm³/mol. The Bertz CT molecular complexity index is 485. The van der Waals surface area contributed by atoms with Gasteiger partial charge in [-0.1, -0.05) is 25.4 Å². The van der Waals surface area contributed by atoms with Crippen LogP contribution in [0, 0.1) is 11.8 Å². The van der Waals surface area contributed by atoms with Crippen molar-refractivity contribution in [3.05, 3.63) is 27.7 Å². The summed E-state index contributed by atoms with van der Waals surface area (Å²) in [5.74, 6) is 1.81. The molecule has 5 heteroatoms. The Hall–Kier alpha value is -0.740. The molecule has 2 unspecified atom stereocenters. The second kappa shape index (κ2) is 6.81. The van der Waals surface area contributed by atoms with Crippen molar-refractivity contribution in [2.45, 2.75) is 20.3 Å². The second-order valence-electron chi connectivity index (χ2n) is 5.61. The zero-order chi connectivity index (χ0) is 14.7. The van der Waals surface area contributed by atoms with Gasteiger partial charge in [0.2, 0.25) is 0 Å². The summed E-state index contributed by atoms with van der Waals surface area (Å²) < 4.78 is 6.34. The summed E-state index contributed by atoms with van der Waals surface area (Å²) in [6, 6.07) is 5.27. The molecule has 0 bridgehead atoms. The highest BCUT2D eigenvalue weighted by Crippen LogP contribution is 2.28. The fraction of sp³-hybridized carbons (Fsp3) is 0.533. The third-order valence-corrected chi connectivity index (χ3v) is 4.32. The monoisotopic (exact) mass is 359 g/mol. The van der Waals surface area contributed by atoms with Crippen LogP contribution in [0.4, 0.5) is 0 Å². The summed E-state index contributed by atoms with van der Waals surface area (Å²) in [4.78, 5) is 14.1. The van der Waals surface area contributed by atoms with Gasteiger partial charge < -0.3 is 9.64 Å². The van der Waals surface area contributed by atoms with Crippen molar-refractivity contribution in [2.75, 3.05) is 19.7 Å². The van der Waals surface area contributed by atoms with E-state index in [9.17, 15) is 4.79 Å². The van der Waals surface area contributed by atoms with Crippen LogP contribution in [0.3, 0.4) is 0 Å². The van der Waals surface area contributed by atoms with Gasteiger partial charge >= 0.3 is 0 Å². The minimum atomic E-state index is 0.0465. The molecule has 0 aliphatic carbocycles. The number of piperidine rings is 1. The highest BCUT2D eigenvalue weighted by Gasteiger charge is 2.25. The Morgan fingerprint density at radius 2 is 2.05 bits per heavy atom. The number of amides is 1. The molecular weight excluding hydrogens is 342 g/mol. The number of likely N-dealkylation sites (tertiary alicyclic amines) is 1. The maximum Gasteiger partial charge on any atom is 0.260 e. The Labute approximate surface area is 133 Å². The Morgan fingerprint density at radius 3 is 2.65 bits per heavy atom. The number of nitrogens with zero attached hydrogens (tertiary/aromatic N) is 1. The topological polar surface area (TPSA) is 29.5 Å². The average Bonchev–Trinajstić information content (AvgIpc) is 2.36. The molecule has 0 saturated carbocycles. The summed E-state index contributed by atoms with van der Waals surface area (Å²) in [6.45, 7) is 6.10. The van der Waals surface area contributed by atoms with Crippen molar-refractivity contribution >= 4 is 33.4 Å². The van der Waals surface area contributed by atoms with Crippen LogP contribution in [0.15, 0.2) is 22.7 Å². The van der Waals surface area contributed by atoms with E-state index in [1.807, 2.05) is 4.90 Å². The highest BCUT2D eigenvalue weighted by molar-refractivity contribution is 9.10. The van der Waals surface area contributed by atoms with E-state index in [2.05, 4.69) is 29.8 Å². The summed E-state index contributed by atoms with van der Waals surface area (Å²) in [5, 5.41) is 0.634. The molecule has 0 N–H and O–H groups in total. The molecule has 2 rings (SSSR count). The second-order valence-corrected chi connectivity index (χ2v) is 6.90. The van der Waals surface area contributed by atoms with Gasteiger partial charge in [-0.2, -0.15) is 0 Å². The smallest absolute Gasteiger partial charge is 0.260 e. The lowest BCUT2D eigenvalue weighted by atomic mass is 9.92. The first-order valence-electron chi connectivity index (χ1n) is 6.81. The molecule has 20 heavy (non-hydrogen) atoms. The highest BCUT2D eigenvalue weighted by atomic mass is 79.9. The van der Waals surface area contributed by atoms with Crippen molar-refractivity contribution in [2.24, 2.45) is 11.8 Å². The van der Waals surface area contributed by atoms with E-state index in [1.54, 1.807) is 18.2 Å². The molecule has 1 aliphatic heterocycles. The number of hydrogen-bond acceptors (Lipinski definition) is 2. The molecule has 0 aromatic heterocycles. The fourth-order valence-electron chi connectivity index (χ4n) is 2.69. The average molecular weight is 361 g/mol. The van der Waals surface area contributed by atoms with Crippen molar-refractivity contribution < 1.29 is 9.53 Å². The lowest BCUT2D eigenvalue weighted by Crippen LogP contribution is -2.44. The van der Waals surface area contributed by atoms with Gasteiger partial charge in [0.05, 0.1) is 4.47 Å². The number of halogens is 2. The molecule has 0 spiro atoms. The first-order chi connectivity index (χ1) is 9.45. The lowest BCUT2D eigenvalue weighted by molar-refractivity contribution is -0.136. The van der Waals surface area contributed by atoms with Crippen LogP contribution in [0.1, 0.15) is 20.3 Å². The van der Waals surface area contributed by atoms with Crippen LogP contribution in [-0.4, -0.2) is 30.5 Å². The van der Waals surface area contributed by atoms with E-state index < -0.39 is 0 Å². The number of benzene rings is 1. The summed E-state index contributed by atoms with van der Waals surface area (Å²) >= 11 is 9.25. The van der Waals surface area contributed by atoms with E-state index >= 15 is 0 Å². The van der Waals surface area contributed by atoms with Gasteiger partial charge in [0.15, 0.2) is 6.61 Å². The van der Waals surface area contributed by atoms with Crippen molar-refractivity contribution in [1.29, 1.82) is 0 Å². The largest absolute Gasteiger partial charge is 0.483 e. The van der Waals surface area contributed by atoms with Gasteiger partial charge in [0, 0.05) is 18.1 Å². The Morgan fingerprint density at radius 1 is 1.40 bits per heavy atom. The first-order valence-corrected chi connectivity index (χ1v) is 7.98. The molecule has 1 fully saturated rings. The molecule has 2 atom stereocenters. The minimum absolute atomic E-state index is 0.0465. The molecule has 1 amide bonds. The number of carbonyl (C=O) groups excluding carboxylic acids is 1. The Kier molecular flexibility index (Phi) is 5.33. The zero-order valence-corrected chi connectivity index (χ0v) is 14.1. The van der Waals surface area contributed by atoms with E-state index in [4.69, 9.17) is 16.3 Å². The standard InChI is InChI=1S/C15H19BrClNO2/c1-10-5-11(2)8-18(7-10)15(19)9-20-14-4-3-12(17)6-13(14)16/h3-4,6,10-11H,5,7-9H2,1-2H3. The third kappa shape index (κ3) is 4.13. The molecule has 1 aliphatic rings. The number of ether oxygens (including phenoxy) is 1. The minimum Gasteiger partial charge on any atom is -0.483 e. The van der Waals surface area contributed by atoms with E-state index in [0.29, 0.717) is 22.6 Å². The Balaban J connectivity index is 1.91. The maximum absolute atomic E-state index is 12.2. The number of hydrogen-bond donors (Lipinski definition) is 0. The molecule has 0 radical (unpaired) electrons. The van der Waals surface area contributed by atoms with Crippen LogP contribution >= 0.6 is 27.5 Å². The SMILES string of the molecule is CC1CC(C)CN(C(=O)COc2ccc(Cl)cc2Br)C1. The van der Waals surface area contributed by atoms with E-state index in [1.165, 1.54) is 6.42 Å². The molecule has 1 saturated heterocycles. The van der Waals surface area contributed by atoms with Crippen LogP contribution in [0.2, 0.25) is 5.02 Å². The van der Waals surface area contributed by atoms with E-state index in [-0.39, 0.29) is 12.5 Å². The molecule has 1 aromatic carbocycles. The molecule has 3 nitrogen and oxygen atoms in total. The summed E-state index contributed by atoms with van der Waals surface area (Å²) in [6.07, 6.45) is 1.19. The fourth-order valence-corrected chi connectivity index (χ4v) is 3.49. The summed E-state index contributed by atoms with van der Waals surface area (Å²) in [7, 11) is 0. The van der Waals surface area contributed by atoms with Gasteiger partial charge in [-0.25, -0.2) is 0 Å². The summed E-state index contributed by atoms with van der Waals surface area (Å²) in [5.41, 5.74) is 0. The molecule has 1 heterocycles. The number of carbonyl (C=O) groups is 1. The first kappa shape index (κ1) is 15.6. The van der Waals surface area contributed by atoms with Gasteiger partial charge in [-0.05, 0) is 52.4 Å². The van der Waals surface area contributed by atoms with Crippen LogP contribution in [0.25, 0.3) is 0 Å². The van der Waals surface area contributed by atoms with Crippen LogP contribution in [-0.2, 0) is 4.79 Å². The predicted octanol–water partition coefficient (Wildman–Crippen LogP) is 3.99. The normalized spacial score (nSPS) is 22.7. The zero-order valence-electron chi connectivity index (χ0n) is 11.7. The van der Waals surface area contributed by atoms with Gasteiger partial charge in [-0.15, -0.1) is 0 Å². The van der Waals surface area contributed by atoms with Crippen molar-refractivity contribution in [1.82, 2.24) is 4.90 Å². The van der Waals surface area contributed by atoms with Crippen LogP contribution < -0.4 is 4.74 Å². The lowest BCUT2D eigenvalue weighted by Gasteiger charge is -2.34. The molecule has 1 aromatic rings. The number of rotatable bonds is 3. The molecular formula is C15H19BrClNO2. The van der Waals surface area contributed by atoms with E-state index in [0.717, 1.165) is 17.6 Å². The van der Waals surface area contributed by atoms with Crippen LogP contribution in [0.5, 0.6) is 5.75 Å². The van der Waals surface area contributed by atoms with Crippen molar-refractivity contribution in [3.63, 3.8) is 0 Å². The van der Waals surface area contributed by atoms with Crippen molar-refractivity contribution in [3.8, 4) is 5.75 Å². The van der Waals surface area contributed by atoms with Gasteiger partial charge in [0.1, 0.15) is 5.75 Å². The quantitative estimate of drug-likeness (QED) is 0.816. The van der Waals surface area contributed by atoms with Gasteiger partial charge in [0.25, 0.3) is 5.91 Å². The maximum atomic E-state index is 12.2.